The molecule has 0 radical (unpaired) electrons. The molecule has 0 bridgehead atoms. The van der Waals surface area contributed by atoms with Gasteiger partial charge < -0.3 is 9.64 Å². The third-order valence-corrected chi connectivity index (χ3v) is 7.99. The Bertz CT molecular complexity index is 1100. The molecule has 2 aromatic rings. The lowest BCUT2D eigenvalue weighted by molar-refractivity contribution is -0.143. The minimum absolute atomic E-state index is 0.00662. The van der Waals surface area contributed by atoms with Crippen molar-refractivity contribution in [1.29, 1.82) is 0 Å². The van der Waals surface area contributed by atoms with E-state index in [1.165, 1.54) is 22.5 Å². The molecule has 0 saturated carbocycles. The molecule has 1 amide bonds. The van der Waals surface area contributed by atoms with Gasteiger partial charge in [-0.2, -0.15) is 4.31 Å². The Labute approximate surface area is 198 Å². The smallest absolute Gasteiger partial charge is 0.243 e. The van der Waals surface area contributed by atoms with E-state index in [1.807, 2.05) is 0 Å². The Hall–Kier alpha value is -2.59. The second-order valence-electron chi connectivity index (χ2n) is 9.06. The standard InChI is InChI=1S/C24H29F3N2O4S/c1-17-16-28(13-14-29(17)34(31,32)19-10-8-18(25)9-11-19)23(30)24(2,3)12-5-15-33-22-20(26)6-4-7-21(22)27/h4,6-11,17H,5,12-16H2,1-3H3. The zero-order valence-corrected chi connectivity index (χ0v) is 20.2. The van der Waals surface area contributed by atoms with Crippen LogP contribution in [-0.2, 0) is 14.8 Å². The zero-order valence-electron chi connectivity index (χ0n) is 19.4. The molecule has 3 rings (SSSR count). The fraction of sp³-hybridized carbons (Fsp3) is 0.458. The summed E-state index contributed by atoms with van der Waals surface area (Å²) < 4.78 is 73.0. The van der Waals surface area contributed by atoms with Crippen molar-refractivity contribution in [2.75, 3.05) is 26.2 Å². The SMILES string of the molecule is CC1CN(C(=O)C(C)(C)CCCOc2c(F)cccc2F)CCN1S(=O)(=O)c1ccc(F)cc1. The molecule has 1 saturated heterocycles. The first-order chi connectivity index (χ1) is 15.9. The van der Waals surface area contributed by atoms with Crippen molar-refractivity contribution < 1.29 is 31.1 Å². The summed E-state index contributed by atoms with van der Waals surface area (Å²) in [4.78, 5) is 14.8. The Morgan fingerprint density at radius 2 is 1.68 bits per heavy atom. The van der Waals surface area contributed by atoms with Crippen LogP contribution in [0.5, 0.6) is 5.75 Å². The van der Waals surface area contributed by atoms with E-state index in [2.05, 4.69) is 0 Å². The molecule has 1 fully saturated rings. The number of ether oxygens (including phenoxy) is 1. The number of para-hydroxylation sites is 1. The van der Waals surface area contributed by atoms with Crippen LogP contribution in [0.3, 0.4) is 0 Å². The summed E-state index contributed by atoms with van der Waals surface area (Å²) in [5.41, 5.74) is -0.769. The number of benzene rings is 2. The number of rotatable bonds is 8. The van der Waals surface area contributed by atoms with Gasteiger partial charge in [0.15, 0.2) is 17.4 Å². The van der Waals surface area contributed by atoms with E-state index >= 15 is 0 Å². The van der Waals surface area contributed by atoms with Crippen LogP contribution in [0, 0.1) is 22.9 Å². The minimum atomic E-state index is -3.81. The molecule has 186 valence electrons. The van der Waals surface area contributed by atoms with E-state index in [9.17, 15) is 26.4 Å². The number of piperazine rings is 1. The first-order valence-electron chi connectivity index (χ1n) is 11.1. The Morgan fingerprint density at radius 3 is 2.26 bits per heavy atom. The van der Waals surface area contributed by atoms with Crippen LogP contribution in [0.1, 0.15) is 33.6 Å². The average molecular weight is 499 g/mol. The van der Waals surface area contributed by atoms with Crippen LogP contribution < -0.4 is 4.74 Å². The quantitative estimate of drug-likeness (QED) is 0.512. The van der Waals surface area contributed by atoms with Gasteiger partial charge in [0.1, 0.15) is 5.82 Å². The zero-order chi connectivity index (χ0) is 25.1. The Morgan fingerprint density at radius 1 is 1.06 bits per heavy atom. The summed E-state index contributed by atoms with van der Waals surface area (Å²) in [6.07, 6.45) is 0.825. The molecular weight excluding hydrogens is 469 g/mol. The van der Waals surface area contributed by atoms with E-state index in [0.717, 1.165) is 24.3 Å². The number of amides is 1. The van der Waals surface area contributed by atoms with Crippen molar-refractivity contribution in [1.82, 2.24) is 9.21 Å². The first-order valence-corrected chi connectivity index (χ1v) is 12.5. The van der Waals surface area contributed by atoms with E-state index in [0.29, 0.717) is 12.8 Å². The van der Waals surface area contributed by atoms with Crippen molar-refractivity contribution in [3.63, 3.8) is 0 Å². The summed E-state index contributed by atoms with van der Waals surface area (Å²) in [6.45, 7) is 5.91. The molecule has 10 heteroatoms. The number of halogens is 3. The maximum Gasteiger partial charge on any atom is 0.243 e. The lowest BCUT2D eigenvalue weighted by Crippen LogP contribution is -2.57. The maximum atomic E-state index is 13.7. The summed E-state index contributed by atoms with van der Waals surface area (Å²) in [7, 11) is -3.81. The van der Waals surface area contributed by atoms with Gasteiger partial charge in [0, 0.05) is 31.1 Å². The van der Waals surface area contributed by atoms with Crippen molar-refractivity contribution in [2.24, 2.45) is 5.41 Å². The van der Waals surface area contributed by atoms with Crippen LogP contribution in [0.15, 0.2) is 47.4 Å². The first kappa shape index (κ1) is 26.0. The van der Waals surface area contributed by atoms with Crippen molar-refractivity contribution in [3.8, 4) is 5.75 Å². The van der Waals surface area contributed by atoms with Gasteiger partial charge in [-0.25, -0.2) is 21.6 Å². The fourth-order valence-corrected chi connectivity index (χ4v) is 5.68. The number of hydrogen-bond donors (Lipinski definition) is 0. The minimum Gasteiger partial charge on any atom is -0.488 e. The average Bonchev–Trinajstić information content (AvgIpc) is 2.77. The summed E-state index contributed by atoms with van der Waals surface area (Å²) in [5, 5.41) is 0. The molecular formula is C24H29F3N2O4S. The van der Waals surface area contributed by atoms with Crippen molar-refractivity contribution in [2.45, 2.75) is 44.6 Å². The lowest BCUT2D eigenvalue weighted by atomic mass is 9.86. The van der Waals surface area contributed by atoms with Gasteiger partial charge in [-0.05, 0) is 56.2 Å². The molecule has 1 aliphatic heterocycles. The third-order valence-electron chi connectivity index (χ3n) is 5.96. The number of carbonyl (C=O) groups is 1. The fourth-order valence-electron chi connectivity index (χ4n) is 4.07. The second-order valence-corrected chi connectivity index (χ2v) is 10.9. The van der Waals surface area contributed by atoms with Crippen molar-refractivity contribution >= 4 is 15.9 Å². The van der Waals surface area contributed by atoms with Gasteiger partial charge in [-0.15, -0.1) is 0 Å². The van der Waals surface area contributed by atoms with Crippen LogP contribution in [0.2, 0.25) is 0 Å². The highest BCUT2D eigenvalue weighted by molar-refractivity contribution is 7.89. The Balaban J connectivity index is 1.56. The van der Waals surface area contributed by atoms with Crippen LogP contribution >= 0.6 is 0 Å². The summed E-state index contributed by atoms with van der Waals surface area (Å²) >= 11 is 0. The topological polar surface area (TPSA) is 66.9 Å². The number of hydrogen-bond acceptors (Lipinski definition) is 4. The highest BCUT2D eigenvalue weighted by Crippen LogP contribution is 2.29. The predicted molar refractivity (Wildman–Crippen MR) is 121 cm³/mol. The molecule has 0 spiro atoms. The monoisotopic (exact) mass is 498 g/mol. The molecule has 0 aliphatic carbocycles. The van der Waals surface area contributed by atoms with Gasteiger partial charge >= 0.3 is 0 Å². The van der Waals surface area contributed by atoms with Gasteiger partial charge in [0.05, 0.1) is 11.5 Å². The summed E-state index contributed by atoms with van der Waals surface area (Å²) in [6, 6.07) is 7.68. The van der Waals surface area contributed by atoms with E-state index < -0.39 is 44.7 Å². The molecule has 6 nitrogen and oxygen atoms in total. The summed E-state index contributed by atoms with van der Waals surface area (Å²) in [5.74, 6) is -2.64. The maximum absolute atomic E-state index is 13.7. The van der Waals surface area contributed by atoms with E-state index in [-0.39, 0.29) is 37.0 Å². The number of sulfonamides is 1. The second kappa shape index (κ2) is 10.4. The highest BCUT2D eigenvalue weighted by atomic mass is 32.2. The van der Waals surface area contributed by atoms with Crippen molar-refractivity contribution in [3.05, 3.63) is 59.9 Å². The van der Waals surface area contributed by atoms with Crippen LogP contribution in [0.25, 0.3) is 0 Å². The molecule has 1 atom stereocenters. The van der Waals surface area contributed by atoms with Gasteiger partial charge in [0.25, 0.3) is 0 Å². The molecule has 1 unspecified atom stereocenters. The number of carbonyl (C=O) groups excluding carboxylic acids is 1. The molecule has 2 aromatic carbocycles. The van der Waals surface area contributed by atoms with E-state index in [1.54, 1.807) is 25.7 Å². The van der Waals surface area contributed by atoms with Crippen LogP contribution in [0.4, 0.5) is 13.2 Å². The normalized spacial score (nSPS) is 17.6. The largest absolute Gasteiger partial charge is 0.488 e. The molecule has 0 N–H and O–H groups in total. The highest BCUT2D eigenvalue weighted by Gasteiger charge is 2.39. The third kappa shape index (κ3) is 5.72. The molecule has 1 aliphatic rings. The van der Waals surface area contributed by atoms with Gasteiger partial charge in [0.2, 0.25) is 15.9 Å². The Kier molecular flexibility index (Phi) is 7.92. The van der Waals surface area contributed by atoms with E-state index in [4.69, 9.17) is 4.74 Å². The molecule has 1 heterocycles. The predicted octanol–water partition coefficient (Wildman–Crippen LogP) is 4.21. The molecule has 0 aromatic heterocycles. The van der Waals surface area contributed by atoms with Gasteiger partial charge in [-0.1, -0.05) is 19.9 Å². The van der Waals surface area contributed by atoms with Gasteiger partial charge in [-0.3, -0.25) is 4.79 Å². The molecule has 34 heavy (non-hydrogen) atoms. The lowest BCUT2D eigenvalue weighted by Gasteiger charge is -2.41. The number of nitrogens with zero attached hydrogens (tertiary/aromatic N) is 2. The van der Waals surface area contributed by atoms with Crippen LogP contribution in [-0.4, -0.2) is 55.8 Å².